The first-order chi connectivity index (χ1) is 12.2. The number of anilines is 1. The smallest absolute Gasteiger partial charge is 0.268 e. The highest BCUT2D eigenvalue weighted by Gasteiger charge is 2.41. The van der Waals surface area contributed by atoms with Gasteiger partial charge in [-0.1, -0.05) is 6.92 Å². The molecule has 26 heavy (non-hydrogen) atoms. The molecule has 9 heteroatoms. The summed E-state index contributed by atoms with van der Waals surface area (Å²) in [7, 11) is 17.1. The van der Waals surface area contributed by atoms with Crippen molar-refractivity contribution in [2.24, 2.45) is 0 Å². The van der Waals surface area contributed by atoms with Gasteiger partial charge in [-0.2, -0.15) is 5.26 Å². The van der Waals surface area contributed by atoms with E-state index in [2.05, 4.69) is 9.97 Å². The fraction of sp³-hybridized carbons (Fsp3) is 0.471. The number of hydrogen-bond donors (Lipinski definition) is 2. The minimum absolute atomic E-state index is 0.0377. The number of piperidine rings is 1. The van der Waals surface area contributed by atoms with E-state index in [4.69, 9.17) is 23.5 Å². The van der Waals surface area contributed by atoms with Crippen LogP contribution in [0.3, 0.4) is 0 Å². The zero-order chi connectivity index (χ0) is 19.1. The summed E-state index contributed by atoms with van der Waals surface area (Å²) in [4.78, 5) is 21.2. The first-order valence-electron chi connectivity index (χ1n) is 8.49. The van der Waals surface area contributed by atoms with Crippen LogP contribution in [0, 0.1) is 11.3 Å². The molecule has 0 spiro atoms. The van der Waals surface area contributed by atoms with E-state index < -0.39 is 16.3 Å². The largest absolute Gasteiger partial charge is 0.391 e. The SMILES string of the molecule is [B]C([B])([B])C1(O)CCN(c2c(C#N)c(=O)[nH]c3cnc(CC)cc23)CC1. The highest BCUT2D eigenvalue weighted by Crippen LogP contribution is 2.40. The Morgan fingerprint density at radius 3 is 2.62 bits per heavy atom. The Morgan fingerprint density at radius 1 is 1.42 bits per heavy atom. The van der Waals surface area contributed by atoms with Gasteiger partial charge in [0.15, 0.2) is 0 Å². The predicted molar refractivity (Wildman–Crippen MR) is 103 cm³/mol. The fourth-order valence-electron chi connectivity index (χ4n) is 3.38. The summed E-state index contributed by atoms with van der Waals surface area (Å²) in [6, 6.07) is 3.88. The summed E-state index contributed by atoms with van der Waals surface area (Å²) in [5, 5.41) is 19.2. The first kappa shape index (κ1) is 18.6. The van der Waals surface area contributed by atoms with Crippen LogP contribution in [0.2, 0.25) is 5.11 Å². The molecule has 0 aliphatic carbocycles. The van der Waals surface area contributed by atoms with E-state index in [1.807, 2.05) is 24.0 Å². The molecule has 0 amide bonds. The van der Waals surface area contributed by atoms with Gasteiger partial charge in [-0.3, -0.25) is 9.78 Å². The number of nitriles is 1. The molecule has 1 saturated heterocycles. The number of aryl methyl sites for hydroxylation is 1. The highest BCUT2D eigenvalue weighted by atomic mass is 16.3. The summed E-state index contributed by atoms with van der Waals surface area (Å²) in [5.41, 5.74) is 0.120. The molecular weight excluding hydrogens is 325 g/mol. The van der Waals surface area contributed by atoms with Crippen molar-refractivity contribution in [1.29, 1.82) is 5.26 Å². The van der Waals surface area contributed by atoms with Crippen LogP contribution in [0.15, 0.2) is 17.1 Å². The molecule has 0 bridgehead atoms. The average molecular weight is 342 g/mol. The summed E-state index contributed by atoms with van der Waals surface area (Å²) in [6.45, 7) is 2.71. The highest BCUT2D eigenvalue weighted by molar-refractivity contribution is 6.59. The van der Waals surface area contributed by atoms with Crippen molar-refractivity contribution in [1.82, 2.24) is 9.97 Å². The number of aromatic nitrogens is 2. The van der Waals surface area contributed by atoms with Crippen LogP contribution in [0.1, 0.15) is 31.0 Å². The third-order valence-corrected chi connectivity index (χ3v) is 5.11. The molecule has 0 aromatic carbocycles. The molecular formula is C17H17B3N4O2. The molecule has 0 unspecified atom stereocenters. The van der Waals surface area contributed by atoms with Gasteiger partial charge in [0.25, 0.3) is 5.56 Å². The molecule has 1 fully saturated rings. The lowest BCUT2D eigenvalue weighted by Crippen LogP contribution is -2.53. The van der Waals surface area contributed by atoms with Crippen LogP contribution < -0.4 is 10.5 Å². The summed E-state index contributed by atoms with van der Waals surface area (Å²) < 4.78 is 0. The Balaban J connectivity index is 2.10. The van der Waals surface area contributed by atoms with E-state index in [0.717, 1.165) is 17.5 Å². The maximum atomic E-state index is 12.3. The number of H-pyrrole nitrogens is 1. The van der Waals surface area contributed by atoms with E-state index in [0.29, 0.717) is 24.3 Å². The van der Waals surface area contributed by atoms with Gasteiger partial charge >= 0.3 is 0 Å². The number of hydrogen-bond acceptors (Lipinski definition) is 5. The standard InChI is InChI=1S/C17H17B3N4O2/c1-2-10-7-11-13(9-22-10)23-15(25)12(8-21)14(11)24-5-3-16(26,4-6-24)17(18,19)20/h7,9,26H,2-6H2,1H3,(H,23,25). The molecule has 1 aliphatic heterocycles. The van der Waals surface area contributed by atoms with Crippen molar-refractivity contribution in [2.45, 2.75) is 36.9 Å². The van der Waals surface area contributed by atoms with Crippen LogP contribution in [0.25, 0.3) is 10.9 Å². The first-order valence-corrected chi connectivity index (χ1v) is 8.49. The number of pyridine rings is 2. The molecule has 3 rings (SSSR count). The zero-order valence-corrected chi connectivity index (χ0v) is 14.6. The summed E-state index contributed by atoms with van der Waals surface area (Å²) in [5.74, 6) is 0. The van der Waals surface area contributed by atoms with Crippen molar-refractivity contribution < 1.29 is 5.11 Å². The summed E-state index contributed by atoms with van der Waals surface area (Å²) in [6.07, 6.45) is 2.78. The molecule has 2 N–H and O–H groups in total. The third-order valence-electron chi connectivity index (χ3n) is 5.11. The Hall–Kier alpha value is -2.20. The molecule has 0 saturated carbocycles. The van der Waals surface area contributed by atoms with E-state index in [-0.39, 0.29) is 18.4 Å². The van der Waals surface area contributed by atoms with Gasteiger partial charge in [0.1, 0.15) is 11.6 Å². The van der Waals surface area contributed by atoms with Gasteiger partial charge < -0.3 is 15.0 Å². The number of nitrogens with one attached hydrogen (secondary N) is 1. The third kappa shape index (κ3) is 3.03. The quantitative estimate of drug-likeness (QED) is 0.782. The Labute approximate surface area is 155 Å². The van der Waals surface area contributed by atoms with Gasteiger partial charge in [0.05, 0.1) is 46.5 Å². The van der Waals surface area contributed by atoms with Crippen molar-refractivity contribution in [2.75, 3.05) is 18.0 Å². The Bertz CT molecular complexity index is 938. The fourth-order valence-corrected chi connectivity index (χ4v) is 3.38. The van der Waals surface area contributed by atoms with Crippen molar-refractivity contribution >= 4 is 40.1 Å². The molecule has 126 valence electrons. The molecule has 2 aromatic heterocycles. The number of fused-ring (bicyclic) bond motifs is 1. The lowest BCUT2D eigenvalue weighted by Gasteiger charge is -2.48. The topological polar surface area (TPSA) is 93.0 Å². The van der Waals surface area contributed by atoms with Crippen LogP contribution >= 0.6 is 0 Å². The maximum Gasteiger partial charge on any atom is 0.268 e. The van der Waals surface area contributed by atoms with Crippen LogP contribution in [0.4, 0.5) is 5.69 Å². The molecule has 6 nitrogen and oxygen atoms in total. The van der Waals surface area contributed by atoms with Gasteiger partial charge in [0, 0.05) is 24.2 Å². The van der Waals surface area contributed by atoms with Gasteiger partial charge in [-0.05, 0) is 25.3 Å². The van der Waals surface area contributed by atoms with Crippen LogP contribution in [0.5, 0.6) is 0 Å². The number of rotatable bonds is 3. The molecule has 2 aromatic rings. The van der Waals surface area contributed by atoms with E-state index >= 15 is 0 Å². The monoisotopic (exact) mass is 342 g/mol. The van der Waals surface area contributed by atoms with Crippen molar-refractivity contribution in [3.8, 4) is 6.07 Å². The predicted octanol–water partition coefficient (Wildman–Crippen LogP) is 0.268. The van der Waals surface area contributed by atoms with Crippen LogP contribution in [-0.4, -0.2) is 57.3 Å². The average Bonchev–Trinajstić information content (AvgIpc) is 2.60. The Kier molecular flexibility index (Phi) is 4.66. The molecule has 1 aliphatic rings. The normalized spacial score (nSPS) is 17.2. The minimum atomic E-state index is -1.72. The molecule has 6 radical (unpaired) electrons. The zero-order valence-electron chi connectivity index (χ0n) is 14.6. The lowest BCUT2D eigenvalue weighted by atomic mass is 9.35. The van der Waals surface area contributed by atoms with Crippen LogP contribution in [-0.2, 0) is 6.42 Å². The minimum Gasteiger partial charge on any atom is -0.391 e. The second-order valence-electron chi connectivity index (χ2n) is 6.82. The van der Waals surface area contributed by atoms with Gasteiger partial charge in [-0.25, -0.2) is 0 Å². The van der Waals surface area contributed by atoms with E-state index in [1.54, 1.807) is 6.20 Å². The van der Waals surface area contributed by atoms with E-state index in [1.165, 1.54) is 0 Å². The summed E-state index contributed by atoms with van der Waals surface area (Å²) >= 11 is 0. The van der Waals surface area contributed by atoms with Crippen molar-refractivity contribution in [3.63, 3.8) is 0 Å². The molecule has 3 heterocycles. The Morgan fingerprint density at radius 2 is 2.08 bits per heavy atom. The maximum absolute atomic E-state index is 12.3. The number of aromatic amines is 1. The van der Waals surface area contributed by atoms with Gasteiger partial charge in [0.2, 0.25) is 0 Å². The van der Waals surface area contributed by atoms with Crippen molar-refractivity contribution in [3.05, 3.63) is 33.9 Å². The second kappa shape index (κ2) is 6.51. The van der Waals surface area contributed by atoms with Gasteiger partial charge in [-0.15, -0.1) is 5.11 Å². The lowest BCUT2D eigenvalue weighted by molar-refractivity contribution is 0.0170. The second-order valence-corrected chi connectivity index (χ2v) is 6.82. The number of aliphatic hydroxyl groups is 1. The molecule has 0 atom stereocenters. The number of nitrogens with zero attached hydrogens (tertiary/aromatic N) is 3. The van der Waals surface area contributed by atoms with E-state index in [9.17, 15) is 15.2 Å².